The van der Waals surface area contributed by atoms with Gasteiger partial charge in [0.2, 0.25) is 0 Å². The monoisotopic (exact) mass is 174 g/mol. The molecule has 0 bridgehead atoms. The summed E-state index contributed by atoms with van der Waals surface area (Å²) in [6.45, 7) is 0. The van der Waals surface area contributed by atoms with Crippen molar-refractivity contribution in [3.05, 3.63) is 10.3 Å². The Balaban J connectivity index is 3.32. The maximum absolute atomic E-state index is 5.30. The Kier molecular flexibility index (Phi) is 1.82. The summed E-state index contributed by atoms with van der Waals surface area (Å²) in [6, 6.07) is 0. The number of nitrogens with one attached hydrogen (secondary N) is 1. The molecule has 0 aliphatic carbocycles. The van der Waals surface area contributed by atoms with Crippen LogP contribution >= 0.6 is 24.4 Å². The van der Waals surface area contributed by atoms with Crippen LogP contribution in [0.1, 0.15) is 5.69 Å². The fourth-order valence-corrected chi connectivity index (χ4v) is 0.941. The van der Waals surface area contributed by atoms with Crippen molar-refractivity contribution in [2.45, 2.75) is 0 Å². The Hall–Kier alpha value is -0.750. The molecule has 0 amide bonds. The topological polar surface area (TPSA) is 59.6 Å². The maximum atomic E-state index is 5.30. The molecule has 0 spiro atoms. The van der Waals surface area contributed by atoms with Crippen molar-refractivity contribution in [2.75, 3.05) is 0 Å². The minimum atomic E-state index is 0.224. The number of aromatic nitrogens is 3. The Bertz CT molecular complexity index is 309. The van der Waals surface area contributed by atoms with E-state index < -0.39 is 0 Å². The highest BCUT2D eigenvalue weighted by Gasteiger charge is 2.02. The number of nitrogens with two attached hydrogens (primary N) is 1. The molecule has 0 fully saturated rings. The summed E-state index contributed by atoms with van der Waals surface area (Å²) in [4.78, 5) is 0.224. The van der Waals surface area contributed by atoms with Crippen LogP contribution in [0, 0.1) is 4.64 Å². The van der Waals surface area contributed by atoms with E-state index in [1.165, 1.54) is 0 Å². The second kappa shape index (κ2) is 2.47. The van der Waals surface area contributed by atoms with Crippen LogP contribution in [0.15, 0.2) is 0 Å². The third-order valence-corrected chi connectivity index (χ3v) is 1.71. The van der Waals surface area contributed by atoms with Crippen LogP contribution in [0.3, 0.4) is 0 Å². The molecule has 1 aromatic rings. The van der Waals surface area contributed by atoms with Gasteiger partial charge in [0.15, 0.2) is 10.3 Å². The predicted octanol–water partition coefficient (Wildman–Crippen LogP) is 0.112. The van der Waals surface area contributed by atoms with Gasteiger partial charge in [-0.15, -0.1) is 0 Å². The third-order valence-electron chi connectivity index (χ3n) is 1.05. The molecule has 0 unspecified atom stereocenters. The first kappa shape index (κ1) is 7.36. The first-order chi connectivity index (χ1) is 4.63. The molecule has 6 heteroatoms. The highest BCUT2D eigenvalue weighted by molar-refractivity contribution is 7.80. The highest BCUT2D eigenvalue weighted by Crippen LogP contribution is 1.94. The van der Waals surface area contributed by atoms with E-state index in [2.05, 4.69) is 22.5 Å². The lowest BCUT2D eigenvalue weighted by molar-refractivity contribution is 0.707. The SMILES string of the molecule is Cn1[nH]nc(C(N)=S)c1=S. The van der Waals surface area contributed by atoms with Gasteiger partial charge in [0.25, 0.3) is 0 Å². The molecule has 10 heavy (non-hydrogen) atoms. The third kappa shape index (κ3) is 1.07. The van der Waals surface area contributed by atoms with E-state index in [0.29, 0.717) is 10.3 Å². The lowest BCUT2D eigenvalue weighted by Crippen LogP contribution is -2.10. The number of hydrogen-bond donors (Lipinski definition) is 2. The first-order valence-electron chi connectivity index (χ1n) is 2.54. The summed E-state index contributed by atoms with van der Waals surface area (Å²) in [6.07, 6.45) is 0. The van der Waals surface area contributed by atoms with Crippen LogP contribution in [0.25, 0.3) is 0 Å². The van der Waals surface area contributed by atoms with Crippen molar-refractivity contribution < 1.29 is 0 Å². The van der Waals surface area contributed by atoms with Gasteiger partial charge < -0.3 is 5.73 Å². The van der Waals surface area contributed by atoms with Gasteiger partial charge in [0.1, 0.15) is 4.99 Å². The minimum absolute atomic E-state index is 0.224. The maximum Gasteiger partial charge on any atom is 0.155 e. The van der Waals surface area contributed by atoms with Crippen molar-refractivity contribution in [3.8, 4) is 0 Å². The number of aryl methyl sites for hydroxylation is 1. The van der Waals surface area contributed by atoms with Gasteiger partial charge >= 0.3 is 0 Å². The van der Waals surface area contributed by atoms with E-state index in [4.69, 9.17) is 18.0 Å². The number of nitrogens with zero attached hydrogens (tertiary/aromatic N) is 2. The summed E-state index contributed by atoms with van der Waals surface area (Å²) in [5.41, 5.74) is 5.78. The standard InChI is InChI=1S/C4H6N4S2/c1-8-4(10)2(3(5)9)6-7-8/h7H,1H3,(H2,5,9). The number of H-pyrrole nitrogens is 1. The van der Waals surface area contributed by atoms with Gasteiger partial charge in [-0.1, -0.05) is 24.4 Å². The molecule has 0 saturated heterocycles. The quantitative estimate of drug-likeness (QED) is 0.593. The van der Waals surface area contributed by atoms with Crippen LogP contribution in [-0.2, 0) is 7.05 Å². The van der Waals surface area contributed by atoms with Gasteiger partial charge in [-0.2, -0.15) is 5.10 Å². The van der Waals surface area contributed by atoms with Crippen molar-refractivity contribution in [3.63, 3.8) is 0 Å². The molecule has 54 valence electrons. The van der Waals surface area contributed by atoms with Gasteiger partial charge in [0.05, 0.1) is 0 Å². The summed E-state index contributed by atoms with van der Waals surface area (Å²) >= 11 is 9.58. The first-order valence-corrected chi connectivity index (χ1v) is 3.36. The zero-order chi connectivity index (χ0) is 7.72. The minimum Gasteiger partial charge on any atom is -0.388 e. The van der Waals surface area contributed by atoms with E-state index in [9.17, 15) is 0 Å². The van der Waals surface area contributed by atoms with Gasteiger partial charge in [-0.05, 0) is 0 Å². The lowest BCUT2D eigenvalue weighted by atomic mass is 10.5. The van der Waals surface area contributed by atoms with Crippen LogP contribution in [-0.4, -0.2) is 20.0 Å². The van der Waals surface area contributed by atoms with E-state index in [0.717, 1.165) is 0 Å². The van der Waals surface area contributed by atoms with E-state index in [1.807, 2.05) is 0 Å². The van der Waals surface area contributed by atoms with Crippen molar-refractivity contribution in [2.24, 2.45) is 12.8 Å². The van der Waals surface area contributed by atoms with Crippen LogP contribution in [0.4, 0.5) is 0 Å². The molecule has 1 heterocycles. The van der Waals surface area contributed by atoms with Crippen LogP contribution in [0.2, 0.25) is 0 Å². The molecular formula is C4H6N4S2. The van der Waals surface area contributed by atoms with Crippen molar-refractivity contribution in [1.82, 2.24) is 15.0 Å². The molecule has 0 aromatic carbocycles. The average molecular weight is 174 g/mol. The normalized spacial score (nSPS) is 9.70. The molecular weight excluding hydrogens is 168 g/mol. The van der Waals surface area contributed by atoms with E-state index >= 15 is 0 Å². The summed E-state index contributed by atoms with van der Waals surface area (Å²) in [5, 5.41) is 6.40. The fourth-order valence-electron chi connectivity index (χ4n) is 0.538. The second-order valence-electron chi connectivity index (χ2n) is 1.79. The predicted molar refractivity (Wildman–Crippen MR) is 44.3 cm³/mol. The van der Waals surface area contributed by atoms with Crippen molar-refractivity contribution in [1.29, 1.82) is 0 Å². The largest absolute Gasteiger partial charge is 0.388 e. The molecule has 1 aromatic heterocycles. The van der Waals surface area contributed by atoms with Gasteiger partial charge in [0, 0.05) is 7.05 Å². The molecule has 4 nitrogen and oxygen atoms in total. The van der Waals surface area contributed by atoms with Gasteiger partial charge in [-0.3, -0.25) is 4.68 Å². The number of rotatable bonds is 1. The second-order valence-corrected chi connectivity index (χ2v) is 2.62. The van der Waals surface area contributed by atoms with E-state index in [1.54, 1.807) is 11.7 Å². The Morgan fingerprint density at radius 1 is 1.80 bits per heavy atom. The highest BCUT2D eigenvalue weighted by atomic mass is 32.1. The number of thiocarbonyl (C=S) groups is 1. The summed E-state index contributed by atoms with van der Waals surface area (Å²) < 4.78 is 2.11. The Labute approximate surface area is 68.0 Å². The van der Waals surface area contributed by atoms with Crippen LogP contribution in [0.5, 0.6) is 0 Å². The fraction of sp³-hybridized carbons (Fsp3) is 0.250. The molecule has 0 aliphatic rings. The zero-order valence-electron chi connectivity index (χ0n) is 5.29. The molecule has 3 N–H and O–H groups in total. The smallest absolute Gasteiger partial charge is 0.155 e. The molecule has 0 radical (unpaired) electrons. The van der Waals surface area contributed by atoms with Crippen LogP contribution < -0.4 is 5.73 Å². The Morgan fingerprint density at radius 3 is 2.60 bits per heavy atom. The molecule has 0 aliphatic heterocycles. The number of aromatic amines is 1. The molecule has 0 saturated carbocycles. The molecule has 1 rings (SSSR count). The lowest BCUT2D eigenvalue weighted by Gasteiger charge is -1.85. The van der Waals surface area contributed by atoms with E-state index in [-0.39, 0.29) is 4.99 Å². The summed E-state index contributed by atoms with van der Waals surface area (Å²) in [7, 11) is 1.75. The number of hydrogen-bond acceptors (Lipinski definition) is 3. The molecule has 0 atom stereocenters. The summed E-state index contributed by atoms with van der Waals surface area (Å²) in [5.74, 6) is 0. The van der Waals surface area contributed by atoms with Gasteiger partial charge in [-0.25, -0.2) is 5.21 Å². The average Bonchev–Trinajstić information content (AvgIpc) is 2.14. The Morgan fingerprint density at radius 2 is 2.40 bits per heavy atom. The van der Waals surface area contributed by atoms with Crippen molar-refractivity contribution >= 4 is 29.4 Å². The zero-order valence-corrected chi connectivity index (χ0v) is 6.92.